The molecule has 0 heterocycles. The summed E-state index contributed by atoms with van der Waals surface area (Å²) in [6.07, 6.45) is 7.16. The number of phenols is 6. The van der Waals surface area contributed by atoms with E-state index in [4.69, 9.17) is 0 Å². The third-order valence-corrected chi connectivity index (χ3v) is 6.15. The third-order valence-electron chi connectivity index (χ3n) is 6.15. The number of amides is 2. The topological polar surface area (TPSA) is 180 Å². The van der Waals surface area contributed by atoms with Gasteiger partial charge in [0.2, 0.25) is 11.8 Å². The van der Waals surface area contributed by atoms with Crippen molar-refractivity contribution in [1.29, 1.82) is 0 Å². The smallest absolute Gasteiger partial charge is 0.244 e. The first kappa shape index (κ1) is 32.6. The van der Waals surface area contributed by atoms with Crippen molar-refractivity contribution in [2.45, 2.75) is 12.8 Å². The monoisotopic (exact) mass is 598 g/mol. The van der Waals surface area contributed by atoms with Gasteiger partial charge in [-0.3, -0.25) is 9.59 Å². The molecule has 0 atom stereocenters. The van der Waals surface area contributed by atoms with Gasteiger partial charge >= 0.3 is 0 Å². The van der Waals surface area contributed by atoms with Crippen LogP contribution in [0.15, 0.2) is 97.1 Å². The van der Waals surface area contributed by atoms with Gasteiger partial charge in [-0.25, -0.2) is 0 Å². The Labute approximate surface area is 254 Å². The summed E-state index contributed by atoms with van der Waals surface area (Å²) in [5, 5.41) is 60.9. The molecule has 44 heavy (non-hydrogen) atoms. The lowest BCUT2D eigenvalue weighted by Gasteiger charge is -2.03. The molecule has 0 unspecified atom stereocenters. The van der Waals surface area contributed by atoms with E-state index in [2.05, 4.69) is 10.6 Å². The van der Waals surface area contributed by atoms with Gasteiger partial charge in [0.25, 0.3) is 0 Å². The van der Waals surface area contributed by atoms with Crippen molar-refractivity contribution in [3.63, 3.8) is 0 Å². The second-order valence-electron chi connectivity index (χ2n) is 9.58. The molecule has 0 aliphatic heterocycles. The quantitative estimate of drug-likeness (QED) is 0.0980. The van der Waals surface area contributed by atoms with Crippen LogP contribution >= 0.6 is 0 Å². The van der Waals surface area contributed by atoms with E-state index in [-0.39, 0.29) is 46.3 Å². The van der Waals surface area contributed by atoms with Gasteiger partial charge in [0, 0.05) is 25.2 Å². The van der Waals surface area contributed by atoms with Crippen LogP contribution in [-0.2, 0) is 22.4 Å². The van der Waals surface area contributed by atoms with Crippen molar-refractivity contribution in [3.8, 4) is 34.5 Å². The molecule has 2 amide bonds. The minimum Gasteiger partial charge on any atom is -0.508 e. The van der Waals surface area contributed by atoms with E-state index < -0.39 is 0 Å². The van der Waals surface area contributed by atoms with Gasteiger partial charge in [0.1, 0.15) is 11.5 Å². The normalized spacial score (nSPS) is 10.7. The molecule has 0 aliphatic rings. The standard InChI is InChI=1S/2C17H17NO4/c2*19-14-5-1-12(2-6-14)9-10-18-17(22)8-4-13-3-7-15(20)16(21)11-13/h2*1-8,11,19-21H,9-10H2,(H,18,22)/b2*8-4-. The molecule has 8 N–H and O–H groups in total. The molecule has 0 bridgehead atoms. The summed E-state index contributed by atoms with van der Waals surface area (Å²) >= 11 is 0. The van der Waals surface area contributed by atoms with Crippen LogP contribution in [0, 0.1) is 0 Å². The lowest BCUT2D eigenvalue weighted by atomic mass is 10.1. The molecular weight excluding hydrogens is 564 g/mol. The lowest BCUT2D eigenvalue weighted by molar-refractivity contribution is -0.117. The predicted octanol–water partition coefficient (Wildman–Crippen LogP) is 4.35. The summed E-state index contributed by atoms with van der Waals surface area (Å²) in [6.45, 7) is 0.962. The Hall–Kier alpha value is -5.90. The van der Waals surface area contributed by atoms with Gasteiger partial charge < -0.3 is 41.3 Å². The molecular formula is C34H34N2O8. The highest BCUT2D eigenvalue weighted by Crippen LogP contribution is 2.26. The van der Waals surface area contributed by atoms with Crippen molar-refractivity contribution in [3.05, 3.63) is 119 Å². The van der Waals surface area contributed by atoms with E-state index in [9.17, 15) is 40.2 Å². The molecule has 0 aromatic heterocycles. The summed E-state index contributed by atoms with van der Waals surface area (Å²) < 4.78 is 0. The predicted molar refractivity (Wildman–Crippen MR) is 167 cm³/mol. The van der Waals surface area contributed by atoms with Crippen LogP contribution in [0.3, 0.4) is 0 Å². The van der Waals surface area contributed by atoms with Crippen LogP contribution in [0.2, 0.25) is 0 Å². The Bertz CT molecular complexity index is 1480. The number of aromatic hydroxyl groups is 6. The maximum absolute atomic E-state index is 11.7. The molecule has 4 aromatic carbocycles. The zero-order valence-electron chi connectivity index (χ0n) is 23.7. The largest absolute Gasteiger partial charge is 0.508 e. The molecule has 0 aliphatic carbocycles. The van der Waals surface area contributed by atoms with Gasteiger partial charge in [-0.15, -0.1) is 0 Å². The van der Waals surface area contributed by atoms with E-state index in [1.165, 1.54) is 36.4 Å². The van der Waals surface area contributed by atoms with Gasteiger partial charge in [0.15, 0.2) is 23.0 Å². The SMILES string of the molecule is O=C(/C=C\c1ccc(O)c(O)c1)NCCc1ccc(O)cc1.O=C(/C=C\c1ccc(O)c(O)c1)NCCc1ccc(O)cc1. The Morgan fingerprint density at radius 3 is 1.20 bits per heavy atom. The zero-order valence-corrected chi connectivity index (χ0v) is 23.7. The molecule has 0 radical (unpaired) electrons. The second-order valence-corrected chi connectivity index (χ2v) is 9.58. The fourth-order valence-corrected chi connectivity index (χ4v) is 3.74. The first-order chi connectivity index (χ1) is 21.1. The molecule has 0 spiro atoms. The van der Waals surface area contributed by atoms with Crippen molar-refractivity contribution in [2.75, 3.05) is 13.1 Å². The first-order valence-electron chi connectivity index (χ1n) is 13.6. The molecule has 4 aromatic rings. The average Bonchev–Trinajstić information content (AvgIpc) is 3.01. The first-order valence-corrected chi connectivity index (χ1v) is 13.6. The van der Waals surface area contributed by atoms with E-state index >= 15 is 0 Å². The fraction of sp³-hybridized carbons (Fsp3) is 0.118. The van der Waals surface area contributed by atoms with E-state index in [0.717, 1.165) is 11.1 Å². The highest BCUT2D eigenvalue weighted by atomic mass is 16.3. The summed E-state index contributed by atoms with van der Waals surface area (Å²) in [7, 11) is 0. The van der Waals surface area contributed by atoms with Gasteiger partial charge in [-0.2, -0.15) is 0 Å². The van der Waals surface area contributed by atoms with E-state index in [1.807, 2.05) is 0 Å². The Morgan fingerprint density at radius 2 is 0.864 bits per heavy atom. The minimum absolute atomic E-state index is 0.199. The minimum atomic E-state index is -0.244. The van der Waals surface area contributed by atoms with Crippen molar-refractivity contribution >= 4 is 24.0 Å². The summed E-state index contributed by atoms with van der Waals surface area (Å²) in [6, 6.07) is 22.3. The Balaban J connectivity index is 0.000000240. The highest BCUT2D eigenvalue weighted by Gasteiger charge is 2.02. The van der Waals surface area contributed by atoms with Gasteiger partial charge in [0.05, 0.1) is 0 Å². The van der Waals surface area contributed by atoms with Crippen LogP contribution in [0.5, 0.6) is 34.5 Å². The fourth-order valence-electron chi connectivity index (χ4n) is 3.74. The molecule has 0 fully saturated rings. The summed E-state index contributed by atoms with van der Waals surface area (Å²) in [5.41, 5.74) is 3.27. The second kappa shape index (κ2) is 16.5. The van der Waals surface area contributed by atoms with Gasteiger partial charge in [-0.05, 0) is 95.8 Å². The maximum Gasteiger partial charge on any atom is 0.244 e. The van der Waals surface area contributed by atoms with Crippen LogP contribution in [0.25, 0.3) is 12.2 Å². The number of rotatable bonds is 10. The lowest BCUT2D eigenvalue weighted by Crippen LogP contribution is -2.23. The molecule has 10 heteroatoms. The number of phenolic OH excluding ortho intramolecular Hbond substituents is 6. The molecule has 228 valence electrons. The van der Waals surface area contributed by atoms with Crippen molar-refractivity contribution in [1.82, 2.24) is 10.6 Å². The number of carbonyl (C=O) groups excluding carboxylic acids is 2. The summed E-state index contributed by atoms with van der Waals surface area (Å²) in [5.74, 6) is -0.908. The van der Waals surface area contributed by atoms with Crippen LogP contribution in [0.4, 0.5) is 0 Å². The van der Waals surface area contributed by atoms with Crippen molar-refractivity contribution in [2.24, 2.45) is 0 Å². The number of hydrogen-bond acceptors (Lipinski definition) is 8. The molecule has 4 rings (SSSR count). The molecule has 0 saturated heterocycles. The van der Waals surface area contributed by atoms with Gasteiger partial charge in [-0.1, -0.05) is 36.4 Å². The van der Waals surface area contributed by atoms with Crippen LogP contribution in [0.1, 0.15) is 22.3 Å². The maximum atomic E-state index is 11.7. The number of benzene rings is 4. The molecule has 0 saturated carbocycles. The van der Waals surface area contributed by atoms with Crippen molar-refractivity contribution < 1.29 is 40.2 Å². The number of hydrogen-bond donors (Lipinski definition) is 8. The van der Waals surface area contributed by atoms with Crippen LogP contribution < -0.4 is 10.6 Å². The summed E-state index contributed by atoms with van der Waals surface area (Å²) in [4.78, 5) is 23.3. The Kier molecular flexibility index (Phi) is 12.2. The Morgan fingerprint density at radius 1 is 0.500 bits per heavy atom. The van der Waals surface area contributed by atoms with E-state index in [0.29, 0.717) is 37.1 Å². The van der Waals surface area contributed by atoms with Crippen LogP contribution in [-0.4, -0.2) is 55.5 Å². The van der Waals surface area contributed by atoms with E-state index in [1.54, 1.807) is 72.8 Å². The number of nitrogens with one attached hydrogen (secondary N) is 2. The average molecular weight is 599 g/mol. The molecule has 10 nitrogen and oxygen atoms in total. The third kappa shape index (κ3) is 11.5. The number of carbonyl (C=O) groups is 2. The highest BCUT2D eigenvalue weighted by molar-refractivity contribution is 5.92. The zero-order chi connectivity index (χ0) is 31.9.